The quantitative estimate of drug-likeness (QED) is 0.804. The molecule has 0 aliphatic rings. The molecule has 2 heterocycles. The molecule has 0 saturated heterocycles. The summed E-state index contributed by atoms with van der Waals surface area (Å²) in [6.45, 7) is 0.233. The van der Waals surface area contributed by atoms with Gasteiger partial charge in [-0.3, -0.25) is 9.78 Å². The second-order valence-electron chi connectivity index (χ2n) is 4.62. The van der Waals surface area contributed by atoms with E-state index < -0.39 is 11.7 Å². The first-order valence-electron chi connectivity index (χ1n) is 6.70. The Hall–Kier alpha value is -3.02. The third-order valence-corrected chi connectivity index (χ3v) is 3.13. The van der Waals surface area contributed by atoms with Gasteiger partial charge < -0.3 is 9.88 Å². The molecule has 5 nitrogen and oxygen atoms in total. The highest BCUT2D eigenvalue weighted by Gasteiger charge is 2.10. The van der Waals surface area contributed by atoms with Gasteiger partial charge in [0, 0.05) is 24.3 Å². The van der Waals surface area contributed by atoms with Crippen molar-refractivity contribution < 1.29 is 9.18 Å². The molecular weight excluding hydrogens is 283 g/mol. The van der Waals surface area contributed by atoms with E-state index in [1.165, 1.54) is 6.20 Å². The van der Waals surface area contributed by atoms with Crippen molar-refractivity contribution in [1.82, 2.24) is 19.9 Å². The molecule has 0 aliphatic heterocycles. The predicted molar refractivity (Wildman–Crippen MR) is 78.9 cm³/mol. The van der Waals surface area contributed by atoms with Crippen LogP contribution < -0.4 is 5.32 Å². The van der Waals surface area contributed by atoms with Gasteiger partial charge in [0.05, 0.1) is 18.3 Å². The van der Waals surface area contributed by atoms with E-state index in [4.69, 9.17) is 0 Å². The van der Waals surface area contributed by atoms with Crippen LogP contribution in [0, 0.1) is 5.82 Å². The molecule has 2 aromatic heterocycles. The molecule has 1 amide bonds. The molecule has 6 heteroatoms. The van der Waals surface area contributed by atoms with E-state index in [0.29, 0.717) is 5.82 Å². The minimum atomic E-state index is -0.543. The predicted octanol–water partition coefficient (Wildman–Crippen LogP) is 2.34. The van der Waals surface area contributed by atoms with Crippen molar-refractivity contribution in [2.45, 2.75) is 6.54 Å². The zero-order valence-corrected chi connectivity index (χ0v) is 11.6. The van der Waals surface area contributed by atoms with Crippen LogP contribution in [0.1, 0.15) is 16.2 Å². The standard InChI is InChI=1S/C16H13FN4O/c17-13-8-12(9-18-10-13)16(22)20-11-15-19-6-7-21(15)14-4-2-1-3-5-14/h1-10H,11H2,(H,20,22). The lowest BCUT2D eigenvalue weighted by Gasteiger charge is -2.09. The number of carbonyl (C=O) groups is 1. The number of carbonyl (C=O) groups excluding carboxylic acids is 1. The van der Waals surface area contributed by atoms with Crippen LogP contribution in [0.2, 0.25) is 0 Å². The van der Waals surface area contributed by atoms with E-state index in [0.717, 1.165) is 18.0 Å². The van der Waals surface area contributed by atoms with Gasteiger partial charge in [0.15, 0.2) is 0 Å². The monoisotopic (exact) mass is 296 g/mol. The zero-order chi connectivity index (χ0) is 15.4. The number of imidazole rings is 1. The molecule has 110 valence electrons. The fourth-order valence-corrected chi connectivity index (χ4v) is 2.09. The summed E-state index contributed by atoms with van der Waals surface area (Å²) in [7, 11) is 0. The minimum Gasteiger partial charge on any atom is -0.345 e. The molecule has 0 saturated carbocycles. The maximum Gasteiger partial charge on any atom is 0.253 e. The van der Waals surface area contributed by atoms with Crippen molar-refractivity contribution in [2.75, 3.05) is 0 Å². The average molecular weight is 296 g/mol. The minimum absolute atomic E-state index is 0.179. The molecule has 0 fully saturated rings. The fraction of sp³-hybridized carbons (Fsp3) is 0.0625. The number of rotatable bonds is 4. The Kier molecular flexibility index (Phi) is 3.91. The van der Waals surface area contributed by atoms with Crippen molar-refractivity contribution in [3.8, 4) is 5.69 Å². The third kappa shape index (κ3) is 3.01. The smallest absolute Gasteiger partial charge is 0.253 e. The Bertz CT molecular complexity index is 786. The summed E-state index contributed by atoms with van der Waals surface area (Å²) in [4.78, 5) is 19.9. The van der Waals surface area contributed by atoms with E-state index in [9.17, 15) is 9.18 Å². The second kappa shape index (κ2) is 6.17. The molecule has 0 aliphatic carbocycles. The summed E-state index contributed by atoms with van der Waals surface area (Å²) >= 11 is 0. The van der Waals surface area contributed by atoms with Gasteiger partial charge in [0.25, 0.3) is 5.91 Å². The van der Waals surface area contributed by atoms with E-state index in [1.54, 1.807) is 6.20 Å². The fourth-order valence-electron chi connectivity index (χ4n) is 2.09. The lowest BCUT2D eigenvalue weighted by Crippen LogP contribution is -2.24. The molecule has 3 rings (SSSR count). The number of nitrogens with one attached hydrogen (secondary N) is 1. The van der Waals surface area contributed by atoms with Crippen molar-refractivity contribution in [2.24, 2.45) is 0 Å². The highest BCUT2D eigenvalue weighted by molar-refractivity contribution is 5.93. The number of para-hydroxylation sites is 1. The number of hydrogen-bond acceptors (Lipinski definition) is 3. The van der Waals surface area contributed by atoms with Gasteiger partial charge in [-0.2, -0.15) is 0 Å². The van der Waals surface area contributed by atoms with Crippen molar-refractivity contribution in [3.63, 3.8) is 0 Å². The zero-order valence-electron chi connectivity index (χ0n) is 11.6. The Morgan fingerprint density at radius 3 is 2.82 bits per heavy atom. The Labute approximate surface area is 126 Å². The highest BCUT2D eigenvalue weighted by atomic mass is 19.1. The van der Waals surface area contributed by atoms with Gasteiger partial charge in [-0.15, -0.1) is 0 Å². The summed E-state index contributed by atoms with van der Waals surface area (Å²) in [6, 6.07) is 10.8. The van der Waals surface area contributed by atoms with Crippen molar-refractivity contribution in [3.05, 3.63) is 78.4 Å². The first-order valence-corrected chi connectivity index (χ1v) is 6.70. The first kappa shape index (κ1) is 13.9. The molecule has 1 aromatic carbocycles. The Balaban J connectivity index is 1.73. The summed E-state index contributed by atoms with van der Waals surface area (Å²) < 4.78 is 14.9. The number of amides is 1. The first-order chi connectivity index (χ1) is 10.7. The maximum absolute atomic E-state index is 13.1. The molecule has 1 N–H and O–H groups in total. The number of nitrogens with zero attached hydrogens (tertiary/aromatic N) is 3. The molecule has 0 spiro atoms. The molecule has 0 radical (unpaired) electrons. The van der Waals surface area contributed by atoms with Crippen LogP contribution in [0.4, 0.5) is 4.39 Å². The van der Waals surface area contributed by atoms with Gasteiger partial charge in [0.2, 0.25) is 0 Å². The second-order valence-corrected chi connectivity index (χ2v) is 4.62. The topological polar surface area (TPSA) is 59.8 Å². The van der Waals surface area contributed by atoms with Gasteiger partial charge in [-0.05, 0) is 18.2 Å². The van der Waals surface area contributed by atoms with E-state index in [-0.39, 0.29) is 12.1 Å². The van der Waals surface area contributed by atoms with Crippen LogP contribution in [-0.4, -0.2) is 20.4 Å². The van der Waals surface area contributed by atoms with Crippen LogP contribution in [-0.2, 0) is 6.54 Å². The third-order valence-electron chi connectivity index (χ3n) is 3.13. The highest BCUT2D eigenvalue weighted by Crippen LogP contribution is 2.10. The number of hydrogen-bond donors (Lipinski definition) is 1. The Morgan fingerprint density at radius 2 is 2.05 bits per heavy atom. The molecule has 0 atom stereocenters. The average Bonchev–Trinajstić information content (AvgIpc) is 3.02. The van der Waals surface area contributed by atoms with Gasteiger partial charge in [0.1, 0.15) is 11.6 Å². The summed E-state index contributed by atoms with van der Waals surface area (Å²) in [6.07, 6.45) is 5.86. The number of halogens is 1. The normalized spacial score (nSPS) is 10.4. The van der Waals surface area contributed by atoms with Crippen molar-refractivity contribution in [1.29, 1.82) is 0 Å². The summed E-state index contributed by atoms with van der Waals surface area (Å²) in [5, 5.41) is 2.71. The number of aromatic nitrogens is 3. The van der Waals surface area contributed by atoms with Crippen molar-refractivity contribution >= 4 is 5.91 Å². The van der Waals surface area contributed by atoms with Crippen LogP contribution in [0.15, 0.2) is 61.2 Å². The molecule has 3 aromatic rings. The molecule has 0 unspecified atom stereocenters. The Morgan fingerprint density at radius 1 is 1.23 bits per heavy atom. The van der Waals surface area contributed by atoms with Gasteiger partial charge >= 0.3 is 0 Å². The molecular formula is C16H13FN4O. The van der Waals surface area contributed by atoms with E-state index in [1.807, 2.05) is 41.1 Å². The maximum atomic E-state index is 13.1. The largest absolute Gasteiger partial charge is 0.345 e. The van der Waals surface area contributed by atoms with Crippen LogP contribution in [0.3, 0.4) is 0 Å². The van der Waals surface area contributed by atoms with Gasteiger partial charge in [-0.1, -0.05) is 18.2 Å². The van der Waals surface area contributed by atoms with Crippen LogP contribution in [0.5, 0.6) is 0 Å². The van der Waals surface area contributed by atoms with Gasteiger partial charge in [-0.25, -0.2) is 9.37 Å². The van der Waals surface area contributed by atoms with E-state index in [2.05, 4.69) is 15.3 Å². The summed E-state index contributed by atoms with van der Waals surface area (Å²) in [5.74, 6) is -0.253. The number of pyridine rings is 1. The molecule has 22 heavy (non-hydrogen) atoms. The van der Waals surface area contributed by atoms with Crippen LogP contribution >= 0.6 is 0 Å². The van der Waals surface area contributed by atoms with E-state index >= 15 is 0 Å². The lowest BCUT2D eigenvalue weighted by molar-refractivity contribution is 0.0949. The number of benzene rings is 1. The van der Waals surface area contributed by atoms with Crippen LogP contribution in [0.25, 0.3) is 5.69 Å². The molecule has 0 bridgehead atoms. The SMILES string of the molecule is O=C(NCc1nccn1-c1ccccc1)c1cncc(F)c1. The summed E-state index contributed by atoms with van der Waals surface area (Å²) in [5.41, 5.74) is 1.13. The lowest BCUT2D eigenvalue weighted by atomic mass is 10.2.